The maximum absolute atomic E-state index is 12.3. The van der Waals surface area contributed by atoms with Gasteiger partial charge >= 0.3 is 12.0 Å². The number of hydrogen-bond acceptors (Lipinski definition) is 3. The molecule has 0 aromatic heterocycles. The standard InChI is InChI=1S/C15H26N2O4/c1-3-10-5-6-17(13(7-10)14(18)19)15(20)16-11-8-12(9-11)21-4-2/h10-13H,3-9H2,1-2H3,(H,16,20)(H,18,19). The van der Waals surface area contributed by atoms with Crippen molar-refractivity contribution in [1.29, 1.82) is 0 Å². The molecule has 120 valence electrons. The number of urea groups is 1. The minimum Gasteiger partial charge on any atom is -0.480 e. The summed E-state index contributed by atoms with van der Waals surface area (Å²) in [5.41, 5.74) is 0. The summed E-state index contributed by atoms with van der Waals surface area (Å²) in [6.07, 6.45) is 4.30. The number of carbonyl (C=O) groups is 2. The van der Waals surface area contributed by atoms with E-state index in [0.29, 0.717) is 25.5 Å². The van der Waals surface area contributed by atoms with Crippen molar-refractivity contribution in [2.45, 2.75) is 64.1 Å². The van der Waals surface area contributed by atoms with Crippen LogP contribution >= 0.6 is 0 Å². The van der Waals surface area contributed by atoms with Crippen LogP contribution in [0.1, 0.15) is 46.0 Å². The Morgan fingerprint density at radius 3 is 2.57 bits per heavy atom. The van der Waals surface area contributed by atoms with Gasteiger partial charge in [0.15, 0.2) is 0 Å². The first-order chi connectivity index (χ1) is 10.0. The summed E-state index contributed by atoms with van der Waals surface area (Å²) in [6.45, 7) is 5.25. The molecular formula is C15H26N2O4. The normalized spacial score (nSPS) is 32.4. The Morgan fingerprint density at radius 2 is 2.00 bits per heavy atom. The van der Waals surface area contributed by atoms with Gasteiger partial charge in [-0.1, -0.05) is 13.3 Å². The molecule has 6 heteroatoms. The van der Waals surface area contributed by atoms with Crippen LogP contribution in [0.3, 0.4) is 0 Å². The molecule has 2 amide bonds. The quantitative estimate of drug-likeness (QED) is 0.811. The van der Waals surface area contributed by atoms with Crippen molar-refractivity contribution >= 4 is 12.0 Å². The van der Waals surface area contributed by atoms with Gasteiger partial charge in [0.2, 0.25) is 0 Å². The Balaban J connectivity index is 1.85. The highest BCUT2D eigenvalue weighted by Crippen LogP contribution is 2.27. The first-order valence-electron chi connectivity index (χ1n) is 7.96. The number of carbonyl (C=O) groups excluding carboxylic acids is 1. The van der Waals surface area contributed by atoms with E-state index in [1.165, 1.54) is 4.90 Å². The Bertz CT molecular complexity index is 382. The van der Waals surface area contributed by atoms with E-state index in [4.69, 9.17) is 4.74 Å². The number of carboxylic acid groups (broad SMARTS) is 1. The Kier molecular flexibility index (Phi) is 5.45. The second-order valence-corrected chi connectivity index (χ2v) is 6.04. The van der Waals surface area contributed by atoms with Crippen LogP contribution in [0.25, 0.3) is 0 Å². The van der Waals surface area contributed by atoms with Crippen molar-refractivity contribution in [2.24, 2.45) is 5.92 Å². The van der Waals surface area contributed by atoms with Crippen molar-refractivity contribution < 1.29 is 19.4 Å². The summed E-state index contributed by atoms with van der Waals surface area (Å²) in [5.74, 6) is -0.495. The lowest BCUT2D eigenvalue weighted by atomic mass is 9.88. The average Bonchev–Trinajstić information content (AvgIpc) is 2.44. The van der Waals surface area contributed by atoms with Gasteiger partial charge in [-0.15, -0.1) is 0 Å². The molecule has 2 fully saturated rings. The average molecular weight is 298 g/mol. The Hall–Kier alpha value is -1.30. The van der Waals surface area contributed by atoms with Gasteiger partial charge in [-0.3, -0.25) is 0 Å². The number of piperidine rings is 1. The van der Waals surface area contributed by atoms with Gasteiger partial charge in [-0.05, 0) is 38.5 Å². The number of ether oxygens (including phenoxy) is 1. The number of rotatable bonds is 5. The Labute approximate surface area is 125 Å². The van der Waals surface area contributed by atoms with Gasteiger partial charge in [-0.2, -0.15) is 0 Å². The third-order valence-electron chi connectivity index (χ3n) is 4.66. The van der Waals surface area contributed by atoms with Crippen molar-refractivity contribution in [1.82, 2.24) is 10.2 Å². The zero-order valence-corrected chi connectivity index (χ0v) is 12.9. The van der Waals surface area contributed by atoms with Gasteiger partial charge in [0.05, 0.1) is 6.10 Å². The lowest BCUT2D eigenvalue weighted by molar-refractivity contribution is -0.144. The van der Waals surface area contributed by atoms with Crippen molar-refractivity contribution in [3.05, 3.63) is 0 Å². The van der Waals surface area contributed by atoms with Crippen LogP contribution in [-0.4, -0.2) is 53.3 Å². The fourth-order valence-electron chi connectivity index (χ4n) is 3.20. The van der Waals surface area contributed by atoms with E-state index in [9.17, 15) is 14.7 Å². The van der Waals surface area contributed by atoms with Crippen molar-refractivity contribution in [2.75, 3.05) is 13.2 Å². The first kappa shape index (κ1) is 16.1. The van der Waals surface area contributed by atoms with E-state index in [1.807, 2.05) is 6.92 Å². The molecule has 0 aromatic rings. The molecule has 2 rings (SSSR count). The molecule has 1 aliphatic heterocycles. The number of amides is 2. The van der Waals surface area contributed by atoms with Gasteiger partial charge in [0, 0.05) is 19.2 Å². The summed E-state index contributed by atoms with van der Waals surface area (Å²) >= 11 is 0. The van der Waals surface area contributed by atoms with E-state index >= 15 is 0 Å². The fraction of sp³-hybridized carbons (Fsp3) is 0.867. The van der Waals surface area contributed by atoms with E-state index < -0.39 is 12.0 Å². The van der Waals surface area contributed by atoms with Crippen LogP contribution in [-0.2, 0) is 9.53 Å². The van der Waals surface area contributed by atoms with E-state index in [2.05, 4.69) is 12.2 Å². The minimum absolute atomic E-state index is 0.118. The number of nitrogens with one attached hydrogen (secondary N) is 1. The van der Waals surface area contributed by atoms with Gasteiger partial charge < -0.3 is 20.1 Å². The fourth-order valence-corrected chi connectivity index (χ4v) is 3.20. The molecular weight excluding hydrogens is 272 g/mol. The highest BCUT2D eigenvalue weighted by molar-refractivity contribution is 5.83. The summed E-state index contributed by atoms with van der Waals surface area (Å²) < 4.78 is 5.46. The van der Waals surface area contributed by atoms with Crippen LogP contribution in [0, 0.1) is 5.92 Å². The molecule has 0 radical (unpaired) electrons. The number of hydrogen-bond donors (Lipinski definition) is 2. The van der Waals surface area contributed by atoms with E-state index in [1.54, 1.807) is 0 Å². The molecule has 6 nitrogen and oxygen atoms in total. The SMILES string of the molecule is CCOC1CC(NC(=O)N2CCC(CC)CC2C(=O)O)C1. The van der Waals surface area contributed by atoms with E-state index in [-0.39, 0.29) is 18.2 Å². The maximum atomic E-state index is 12.3. The molecule has 2 N–H and O–H groups in total. The molecule has 1 saturated carbocycles. The number of nitrogens with zero attached hydrogens (tertiary/aromatic N) is 1. The van der Waals surface area contributed by atoms with Crippen LogP contribution in [0.2, 0.25) is 0 Å². The summed E-state index contributed by atoms with van der Waals surface area (Å²) in [5, 5.41) is 12.3. The second kappa shape index (κ2) is 7.11. The molecule has 1 heterocycles. The van der Waals surface area contributed by atoms with Crippen molar-refractivity contribution in [3.8, 4) is 0 Å². The zero-order chi connectivity index (χ0) is 15.4. The number of carboxylic acids is 1. The molecule has 1 aliphatic carbocycles. The van der Waals surface area contributed by atoms with Gasteiger partial charge in [0.1, 0.15) is 6.04 Å². The third-order valence-corrected chi connectivity index (χ3v) is 4.66. The largest absolute Gasteiger partial charge is 0.480 e. The number of aliphatic carboxylic acids is 1. The maximum Gasteiger partial charge on any atom is 0.326 e. The molecule has 2 unspecified atom stereocenters. The first-order valence-corrected chi connectivity index (χ1v) is 7.96. The van der Waals surface area contributed by atoms with Gasteiger partial charge in [0.25, 0.3) is 0 Å². The highest BCUT2D eigenvalue weighted by Gasteiger charge is 2.38. The molecule has 1 saturated heterocycles. The number of likely N-dealkylation sites (tertiary alicyclic amines) is 1. The topological polar surface area (TPSA) is 78.9 Å². The predicted molar refractivity (Wildman–Crippen MR) is 78.1 cm³/mol. The molecule has 0 aromatic carbocycles. The highest BCUT2D eigenvalue weighted by atomic mass is 16.5. The lowest BCUT2D eigenvalue weighted by Crippen LogP contribution is -2.57. The zero-order valence-electron chi connectivity index (χ0n) is 12.9. The molecule has 0 bridgehead atoms. The second-order valence-electron chi connectivity index (χ2n) is 6.04. The smallest absolute Gasteiger partial charge is 0.326 e. The van der Waals surface area contributed by atoms with Crippen LogP contribution < -0.4 is 5.32 Å². The monoisotopic (exact) mass is 298 g/mol. The Morgan fingerprint density at radius 1 is 1.29 bits per heavy atom. The van der Waals surface area contributed by atoms with Crippen LogP contribution in [0.15, 0.2) is 0 Å². The molecule has 0 spiro atoms. The van der Waals surface area contributed by atoms with E-state index in [0.717, 1.165) is 25.7 Å². The molecule has 2 aliphatic rings. The van der Waals surface area contributed by atoms with Crippen LogP contribution in [0.5, 0.6) is 0 Å². The third kappa shape index (κ3) is 3.87. The molecule has 21 heavy (non-hydrogen) atoms. The van der Waals surface area contributed by atoms with Crippen LogP contribution in [0.4, 0.5) is 4.79 Å². The lowest BCUT2D eigenvalue weighted by Gasteiger charge is -2.40. The summed E-state index contributed by atoms with van der Waals surface area (Å²) in [4.78, 5) is 25.2. The summed E-state index contributed by atoms with van der Waals surface area (Å²) in [6, 6.07) is -0.809. The minimum atomic E-state index is -0.899. The van der Waals surface area contributed by atoms with Gasteiger partial charge in [-0.25, -0.2) is 9.59 Å². The summed E-state index contributed by atoms with van der Waals surface area (Å²) in [7, 11) is 0. The van der Waals surface area contributed by atoms with Crippen molar-refractivity contribution in [3.63, 3.8) is 0 Å². The molecule has 2 atom stereocenters. The predicted octanol–water partition coefficient (Wildman–Crippen LogP) is 1.84.